The van der Waals surface area contributed by atoms with Gasteiger partial charge in [0, 0.05) is 29.8 Å². The molecule has 0 aliphatic carbocycles. The maximum atomic E-state index is 13.2. The first-order valence-electron chi connectivity index (χ1n) is 6.66. The molecule has 2 unspecified atom stereocenters. The number of pyridine rings is 1. The standard InChI is InChI=1S/C13H15BrF3N3/c14-9-5-10(13(15,16)17)12(19-6-9)20-4-2-11-8(7-20)1-3-18-11/h5-6,8,11,18H,1-4,7H2. The number of nitrogens with zero attached hydrogens (tertiary/aromatic N) is 2. The van der Waals surface area contributed by atoms with Gasteiger partial charge in [-0.3, -0.25) is 0 Å². The number of halogens is 4. The predicted octanol–water partition coefficient (Wildman–Crippen LogP) is 3.05. The number of aromatic nitrogens is 1. The Labute approximate surface area is 123 Å². The largest absolute Gasteiger partial charge is 0.419 e. The lowest BCUT2D eigenvalue weighted by Gasteiger charge is -2.36. The molecule has 1 aromatic rings. The van der Waals surface area contributed by atoms with Gasteiger partial charge in [0.25, 0.3) is 0 Å². The zero-order valence-electron chi connectivity index (χ0n) is 10.8. The number of piperidine rings is 1. The third kappa shape index (κ3) is 2.65. The van der Waals surface area contributed by atoms with Crippen LogP contribution in [0.5, 0.6) is 0 Å². The van der Waals surface area contributed by atoms with Crippen molar-refractivity contribution < 1.29 is 13.2 Å². The number of hydrogen-bond acceptors (Lipinski definition) is 3. The SMILES string of the molecule is FC(F)(F)c1cc(Br)cnc1N1CCC2NCCC2C1. The molecular weight excluding hydrogens is 335 g/mol. The minimum absolute atomic E-state index is 0.0612. The Morgan fingerprint density at radius 3 is 2.90 bits per heavy atom. The van der Waals surface area contributed by atoms with Crippen LogP contribution in [0.2, 0.25) is 0 Å². The van der Waals surface area contributed by atoms with Crippen molar-refractivity contribution in [2.24, 2.45) is 5.92 Å². The second kappa shape index (κ2) is 5.18. The van der Waals surface area contributed by atoms with Crippen LogP contribution in [0.25, 0.3) is 0 Å². The maximum Gasteiger partial charge on any atom is 0.419 e. The van der Waals surface area contributed by atoms with Crippen molar-refractivity contribution in [1.82, 2.24) is 10.3 Å². The molecule has 3 heterocycles. The highest BCUT2D eigenvalue weighted by molar-refractivity contribution is 9.10. The molecule has 0 radical (unpaired) electrons. The molecule has 2 atom stereocenters. The molecule has 2 aliphatic heterocycles. The van der Waals surface area contributed by atoms with Gasteiger partial charge < -0.3 is 10.2 Å². The van der Waals surface area contributed by atoms with Crippen LogP contribution in [-0.4, -0.2) is 30.7 Å². The van der Waals surface area contributed by atoms with Crippen molar-refractivity contribution in [2.75, 3.05) is 24.5 Å². The highest BCUT2D eigenvalue weighted by atomic mass is 79.9. The summed E-state index contributed by atoms with van der Waals surface area (Å²) in [5.41, 5.74) is -0.656. The molecule has 20 heavy (non-hydrogen) atoms. The molecule has 3 nitrogen and oxygen atoms in total. The van der Waals surface area contributed by atoms with Crippen molar-refractivity contribution in [3.63, 3.8) is 0 Å². The minimum Gasteiger partial charge on any atom is -0.356 e. The van der Waals surface area contributed by atoms with Crippen LogP contribution >= 0.6 is 15.9 Å². The van der Waals surface area contributed by atoms with Crippen molar-refractivity contribution in [3.8, 4) is 0 Å². The summed E-state index contributed by atoms with van der Waals surface area (Å²) in [6.45, 7) is 2.23. The van der Waals surface area contributed by atoms with E-state index in [1.807, 2.05) is 0 Å². The van der Waals surface area contributed by atoms with Crippen LogP contribution in [0.4, 0.5) is 19.0 Å². The summed E-state index contributed by atoms with van der Waals surface area (Å²) in [5, 5.41) is 3.41. The van der Waals surface area contributed by atoms with Crippen LogP contribution in [0.3, 0.4) is 0 Å². The summed E-state index contributed by atoms with van der Waals surface area (Å²) in [6, 6.07) is 1.57. The highest BCUT2D eigenvalue weighted by Crippen LogP contribution is 2.38. The quantitative estimate of drug-likeness (QED) is 0.844. The molecule has 0 saturated carbocycles. The molecule has 0 amide bonds. The smallest absolute Gasteiger partial charge is 0.356 e. The number of fused-ring (bicyclic) bond motifs is 1. The van der Waals surface area contributed by atoms with E-state index < -0.39 is 11.7 Å². The van der Waals surface area contributed by atoms with E-state index in [-0.39, 0.29) is 5.82 Å². The number of rotatable bonds is 1. The van der Waals surface area contributed by atoms with E-state index in [9.17, 15) is 13.2 Å². The molecule has 0 aromatic carbocycles. The van der Waals surface area contributed by atoms with Gasteiger partial charge in [0.2, 0.25) is 0 Å². The topological polar surface area (TPSA) is 28.2 Å². The summed E-state index contributed by atoms with van der Waals surface area (Å²) >= 11 is 3.07. The first-order chi connectivity index (χ1) is 9.45. The van der Waals surface area contributed by atoms with Gasteiger partial charge in [-0.2, -0.15) is 13.2 Å². The second-order valence-corrected chi connectivity index (χ2v) is 6.28. The van der Waals surface area contributed by atoms with Gasteiger partial charge in [0.15, 0.2) is 0 Å². The lowest BCUT2D eigenvalue weighted by Crippen LogP contribution is -2.45. The molecule has 1 N–H and O–H groups in total. The van der Waals surface area contributed by atoms with Gasteiger partial charge in [-0.1, -0.05) is 0 Å². The normalized spacial score (nSPS) is 26.7. The zero-order valence-corrected chi connectivity index (χ0v) is 12.3. The number of hydrogen-bond donors (Lipinski definition) is 1. The number of alkyl halides is 3. The van der Waals surface area contributed by atoms with Gasteiger partial charge in [-0.25, -0.2) is 4.98 Å². The van der Waals surface area contributed by atoms with E-state index in [1.165, 1.54) is 6.20 Å². The highest BCUT2D eigenvalue weighted by Gasteiger charge is 2.39. The van der Waals surface area contributed by atoms with Crippen molar-refractivity contribution in [1.29, 1.82) is 0 Å². The van der Waals surface area contributed by atoms with Crippen LogP contribution < -0.4 is 10.2 Å². The second-order valence-electron chi connectivity index (χ2n) is 5.37. The third-order valence-electron chi connectivity index (χ3n) is 4.09. The Morgan fingerprint density at radius 2 is 2.15 bits per heavy atom. The summed E-state index contributed by atoms with van der Waals surface area (Å²) in [4.78, 5) is 5.80. The molecule has 2 aliphatic rings. The van der Waals surface area contributed by atoms with Crippen molar-refractivity contribution >= 4 is 21.7 Å². The Bertz CT molecular complexity index is 506. The fourth-order valence-corrected chi connectivity index (χ4v) is 3.46. The molecule has 3 rings (SSSR count). The lowest BCUT2D eigenvalue weighted by molar-refractivity contribution is -0.137. The van der Waals surface area contributed by atoms with E-state index in [0.717, 1.165) is 25.5 Å². The molecule has 0 bridgehead atoms. The van der Waals surface area contributed by atoms with Gasteiger partial charge >= 0.3 is 6.18 Å². The third-order valence-corrected chi connectivity index (χ3v) is 4.53. The number of anilines is 1. The van der Waals surface area contributed by atoms with Crippen LogP contribution in [0, 0.1) is 5.92 Å². The molecule has 2 saturated heterocycles. The molecule has 0 spiro atoms. The Morgan fingerprint density at radius 1 is 1.35 bits per heavy atom. The minimum atomic E-state index is -4.38. The zero-order chi connectivity index (χ0) is 14.3. The summed E-state index contributed by atoms with van der Waals surface area (Å²) in [5.74, 6) is 0.487. The first kappa shape index (κ1) is 14.1. The summed E-state index contributed by atoms with van der Waals surface area (Å²) in [6.07, 6.45) is -1.04. The summed E-state index contributed by atoms with van der Waals surface area (Å²) < 4.78 is 39.8. The Balaban J connectivity index is 1.90. The van der Waals surface area contributed by atoms with Crippen molar-refractivity contribution in [2.45, 2.75) is 25.1 Å². The molecule has 1 aromatic heterocycles. The van der Waals surface area contributed by atoms with Gasteiger partial charge in [0.05, 0.1) is 5.56 Å². The molecule has 7 heteroatoms. The molecule has 110 valence electrons. The Kier molecular flexibility index (Phi) is 3.66. The first-order valence-corrected chi connectivity index (χ1v) is 7.45. The van der Waals surface area contributed by atoms with E-state index in [4.69, 9.17) is 0 Å². The fourth-order valence-electron chi connectivity index (χ4n) is 3.13. The lowest BCUT2D eigenvalue weighted by atomic mass is 9.93. The summed E-state index contributed by atoms with van der Waals surface area (Å²) in [7, 11) is 0. The van der Waals surface area contributed by atoms with Crippen LogP contribution in [0.1, 0.15) is 18.4 Å². The van der Waals surface area contributed by atoms with Crippen LogP contribution in [-0.2, 0) is 6.18 Å². The predicted molar refractivity (Wildman–Crippen MR) is 73.7 cm³/mol. The number of nitrogens with one attached hydrogen (secondary N) is 1. The van der Waals surface area contributed by atoms with Crippen LogP contribution in [0.15, 0.2) is 16.7 Å². The van der Waals surface area contributed by atoms with E-state index in [2.05, 4.69) is 26.2 Å². The van der Waals surface area contributed by atoms with E-state index in [1.54, 1.807) is 4.90 Å². The average molecular weight is 350 g/mol. The van der Waals surface area contributed by atoms with Gasteiger partial charge in [-0.15, -0.1) is 0 Å². The van der Waals surface area contributed by atoms with E-state index >= 15 is 0 Å². The maximum absolute atomic E-state index is 13.2. The fraction of sp³-hybridized carbons (Fsp3) is 0.615. The molecule has 2 fully saturated rings. The monoisotopic (exact) mass is 349 g/mol. The van der Waals surface area contributed by atoms with Gasteiger partial charge in [-0.05, 0) is 47.3 Å². The average Bonchev–Trinajstić information content (AvgIpc) is 2.84. The molecular formula is C13H15BrF3N3. The Hall–Kier alpha value is -0.820. The van der Waals surface area contributed by atoms with Crippen molar-refractivity contribution in [3.05, 3.63) is 22.3 Å². The van der Waals surface area contributed by atoms with E-state index in [0.29, 0.717) is 29.5 Å². The van der Waals surface area contributed by atoms with Gasteiger partial charge in [0.1, 0.15) is 5.82 Å².